The van der Waals surface area contributed by atoms with Gasteiger partial charge in [0.2, 0.25) is 23.6 Å². The van der Waals surface area contributed by atoms with Crippen molar-refractivity contribution in [1.82, 2.24) is 26.6 Å². The van der Waals surface area contributed by atoms with Crippen molar-refractivity contribution in [3.63, 3.8) is 0 Å². The second kappa shape index (κ2) is 17.1. The number of amides is 5. The predicted octanol–water partition coefficient (Wildman–Crippen LogP) is 2.36. The molecule has 239 valence electrons. The van der Waals surface area contributed by atoms with Crippen molar-refractivity contribution >= 4 is 29.7 Å². The summed E-state index contributed by atoms with van der Waals surface area (Å²) in [7, 11) is 0. The Balaban J connectivity index is 2.84. The van der Waals surface area contributed by atoms with E-state index in [-0.39, 0.29) is 18.3 Å². The van der Waals surface area contributed by atoms with Crippen LogP contribution >= 0.6 is 0 Å². The maximum atomic E-state index is 13.2. The van der Waals surface area contributed by atoms with Crippen LogP contribution in [0.15, 0.2) is 42.7 Å². The minimum atomic E-state index is -1.06. The van der Waals surface area contributed by atoms with Crippen LogP contribution in [0.3, 0.4) is 0 Å². The summed E-state index contributed by atoms with van der Waals surface area (Å²) in [6.07, 6.45) is -0.223. The summed E-state index contributed by atoms with van der Waals surface area (Å²) >= 11 is 0. The lowest BCUT2D eigenvalue weighted by atomic mass is 10.0. The molecule has 1 rings (SSSR count). The van der Waals surface area contributed by atoms with Gasteiger partial charge in [0.25, 0.3) is 0 Å². The SMILES string of the molecule is C=C([O])[C@H](CC(C)C)NC(=O)[C@H](Cc1ccccc1)NC(=O)[C@H](C)NC(=O)CNC(=O)[C@@H](NC(=O)OC(C)(C)C)C(C)C. The highest BCUT2D eigenvalue weighted by Gasteiger charge is 2.29. The van der Waals surface area contributed by atoms with Crippen LogP contribution in [0.2, 0.25) is 0 Å². The molecule has 0 aliphatic carbocycles. The van der Waals surface area contributed by atoms with Crippen molar-refractivity contribution < 1.29 is 33.8 Å². The molecule has 0 unspecified atom stereocenters. The van der Waals surface area contributed by atoms with Crippen molar-refractivity contribution in [3.05, 3.63) is 48.2 Å². The van der Waals surface area contributed by atoms with Crippen LogP contribution in [-0.2, 0) is 35.4 Å². The Kier molecular flexibility index (Phi) is 14.7. The van der Waals surface area contributed by atoms with Gasteiger partial charge in [0.15, 0.2) is 5.76 Å². The van der Waals surface area contributed by atoms with Gasteiger partial charge in [-0.2, -0.15) is 0 Å². The molecule has 0 heterocycles. The molecule has 0 saturated heterocycles. The van der Waals surface area contributed by atoms with Crippen molar-refractivity contribution in [2.24, 2.45) is 11.8 Å². The van der Waals surface area contributed by atoms with Gasteiger partial charge in [-0.1, -0.05) is 64.6 Å². The molecule has 1 aromatic rings. The van der Waals surface area contributed by atoms with Crippen molar-refractivity contribution in [2.75, 3.05) is 6.54 Å². The third kappa shape index (κ3) is 14.6. The van der Waals surface area contributed by atoms with Gasteiger partial charge in [-0.15, -0.1) is 0 Å². The Labute approximate surface area is 254 Å². The average Bonchev–Trinajstić information content (AvgIpc) is 2.88. The molecule has 1 radical (unpaired) electrons. The van der Waals surface area contributed by atoms with Crippen molar-refractivity contribution in [1.29, 1.82) is 0 Å². The lowest BCUT2D eigenvalue weighted by Gasteiger charge is -2.25. The zero-order valence-electron chi connectivity index (χ0n) is 26.5. The third-order valence-electron chi connectivity index (χ3n) is 6.14. The highest BCUT2D eigenvalue weighted by atomic mass is 16.6. The van der Waals surface area contributed by atoms with Crippen LogP contribution in [0.4, 0.5) is 4.79 Å². The van der Waals surface area contributed by atoms with Crippen LogP contribution in [0.25, 0.3) is 0 Å². The fourth-order valence-corrected chi connectivity index (χ4v) is 3.98. The normalized spacial score (nSPS) is 14.1. The average molecular weight is 603 g/mol. The maximum Gasteiger partial charge on any atom is 0.408 e. The van der Waals surface area contributed by atoms with E-state index in [0.717, 1.165) is 5.56 Å². The zero-order chi connectivity index (χ0) is 32.9. The standard InChI is InChI=1S/C31H48N5O7/c1-18(2)15-23(21(6)37)34-28(40)24(16-22-13-11-10-12-14-22)35-27(39)20(5)33-25(38)17-32-29(41)26(19(3)4)36-30(42)43-31(7,8)9/h10-14,18-20,23-24,26H,6,15-17H2,1-5,7-9H3,(H,32,41)(H,33,38)(H,34,40)(H,35,39)(H,36,42)/t20-,23-,24-,26-/m0/s1. The molecular weight excluding hydrogens is 554 g/mol. The first-order chi connectivity index (χ1) is 19.9. The van der Waals surface area contributed by atoms with Gasteiger partial charge < -0.3 is 31.3 Å². The topological polar surface area (TPSA) is 175 Å². The third-order valence-corrected chi connectivity index (χ3v) is 6.14. The van der Waals surface area contributed by atoms with E-state index in [1.807, 2.05) is 19.9 Å². The maximum absolute atomic E-state index is 13.2. The first kappa shape index (κ1) is 36.9. The van der Waals surface area contributed by atoms with E-state index in [0.29, 0.717) is 6.42 Å². The highest BCUT2D eigenvalue weighted by molar-refractivity contribution is 5.94. The molecule has 4 atom stereocenters. The lowest BCUT2D eigenvalue weighted by Crippen LogP contribution is -2.56. The number of benzene rings is 1. The van der Waals surface area contributed by atoms with E-state index >= 15 is 0 Å². The highest BCUT2D eigenvalue weighted by Crippen LogP contribution is 2.12. The van der Waals surface area contributed by atoms with E-state index in [1.165, 1.54) is 6.92 Å². The first-order valence-corrected chi connectivity index (χ1v) is 14.5. The Morgan fingerprint density at radius 2 is 1.40 bits per heavy atom. The Hall–Kier alpha value is -4.09. The van der Waals surface area contributed by atoms with Crippen molar-refractivity contribution in [2.45, 2.75) is 98.0 Å². The molecule has 0 fully saturated rings. The summed E-state index contributed by atoms with van der Waals surface area (Å²) in [6, 6.07) is 5.19. The second-order valence-electron chi connectivity index (χ2n) is 12.3. The van der Waals surface area contributed by atoms with Gasteiger partial charge in [-0.05, 0) is 51.5 Å². The number of alkyl carbamates (subject to hydrolysis) is 1. The largest absolute Gasteiger partial charge is 0.444 e. The van der Waals surface area contributed by atoms with Gasteiger partial charge in [-0.25, -0.2) is 4.79 Å². The molecular formula is C31H48N5O7. The summed E-state index contributed by atoms with van der Waals surface area (Å²) in [5.74, 6) is -3.05. The fraction of sp³-hybridized carbons (Fsp3) is 0.581. The monoisotopic (exact) mass is 602 g/mol. The van der Waals surface area contributed by atoms with E-state index in [9.17, 15) is 29.1 Å². The summed E-state index contributed by atoms with van der Waals surface area (Å²) < 4.78 is 5.21. The number of ether oxygens (including phenoxy) is 1. The van der Waals surface area contributed by atoms with E-state index < -0.39 is 71.8 Å². The Morgan fingerprint density at radius 3 is 1.91 bits per heavy atom. The summed E-state index contributed by atoms with van der Waals surface area (Å²) in [5.41, 5.74) is 0.0308. The molecule has 43 heavy (non-hydrogen) atoms. The zero-order valence-corrected chi connectivity index (χ0v) is 26.5. The predicted molar refractivity (Wildman–Crippen MR) is 162 cm³/mol. The van der Waals surface area contributed by atoms with Crippen LogP contribution in [-0.4, -0.2) is 66.0 Å². The van der Waals surface area contributed by atoms with Gasteiger partial charge in [0.05, 0.1) is 12.6 Å². The minimum absolute atomic E-state index is 0.123. The molecule has 0 bridgehead atoms. The number of carbonyl (C=O) groups excluding carboxylic acids is 5. The molecule has 0 saturated carbocycles. The van der Waals surface area contributed by atoms with Crippen LogP contribution in [0.1, 0.15) is 67.4 Å². The number of hydrogen-bond acceptors (Lipinski definition) is 6. The van der Waals surface area contributed by atoms with Gasteiger partial charge >= 0.3 is 6.09 Å². The molecule has 0 aliphatic rings. The van der Waals surface area contributed by atoms with Crippen molar-refractivity contribution in [3.8, 4) is 0 Å². The van der Waals surface area contributed by atoms with Gasteiger partial charge in [-0.3, -0.25) is 24.3 Å². The lowest BCUT2D eigenvalue weighted by molar-refractivity contribution is -0.132. The number of hydrogen-bond donors (Lipinski definition) is 5. The molecule has 1 aromatic carbocycles. The Bertz CT molecular complexity index is 1120. The molecule has 5 N–H and O–H groups in total. The summed E-state index contributed by atoms with van der Waals surface area (Å²) in [6.45, 7) is 16.8. The number of carbonyl (C=O) groups is 5. The molecule has 5 amide bonds. The molecule has 0 aliphatic heterocycles. The van der Waals surface area contributed by atoms with E-state index in [4.69, 9.17) is 4.74 Å². The smallest absolute Gasteiger partial charge is 0.408 e. The minimum Gasteiger partial charge on any atom is -0.444 e. The summed E-state index contributed by atoms with van der Waals surface area (Å²) in [4.78, 5) is 63.6. The molecule has 12 heteroatoms. The Morgan fingerprint density at radius 1 is 0.814 bits per heavy atom. The first-order valence-electron chi connectivity index (χ1n) is 14.5. The number of rotatable bonds is 15. The van der Waals surface area contributed by atoms with Gasteiger partial charge in [0.1, 0.15) is 23.7 Å². The quantitative estimate of drug-likeness (QED) is 0.193. The molecule has 0 aromatic heterocycles. The number of nitrogens with one attached hydrogen (secondary N) is 5. The van der Waals surface area contributed by atoms with E-state index in [1.54, 1.807) is 58.9 Å². The van der Waals surface area contributed by atoms with Crippen LogP contribution in [0.5, 0.6) is 0 Å². The second-order valence-corrected chi connectivity index (χ2v) is 12.3. The van der Waals surface area contributed by atoms with Crippen LogP contribution in [0, 0.1) is 11.8 Å². The van der Waals surface area contributed by atoms with E-state index in [2.05, 4.69) is 33.2 Å². The van der Waals surface area contributed by atoms with Gasteiger partial charge in [0, 0.05) is 6.42 Å². The molecule has 0 spiro atoms. The fourth-order valence-electron chi connectivity index (χ4n) is 3.98. The summed E-state index contributed by atoms with van der Waals surface area (Å²) in [5, 5.41) is 24.8. The van der Waals surface area contributed by atoms with Crippen LogP contribution < -0.4 is 26.6 Å². The molecule has 12 nitrogen and oxygen atoms in total.